The van der Waals surface area contributed by atoms with Gasteiger partial charge in [0.2, 0.25) is 5.78 Å². The van der Waals surface area contributed by atoms with E-state index in [1.54, 1.807) is 24.3 Å². The van der Waals surface area contributed by atoms with Gasteiger partial charge in [-0.15, -0.1) is 0 Å². The van der Waals surface area contributed by atoms with Crippen LogP contribution in [0.25, 0.3) is 0 Å². The predicted molar refractivity (Wildman–Crippen MR) is 123 cm³/mol. The fourth-order valence-electron chi connectivity index (χ4n) is 3.85. The number of ketones is 1. The lowest BCUT2D eigenvalue weighted by Gasteiger charge is -2.28. The first-order chi connectivity index (χ1) is 15.8. The summed E-state index contributed by atoms with van der Waals surface area (Å²) in [6.45, 7) is 0. The number of hydrogen-bond donors (Lipinski definition) is 1. The highest BCUT2D eigenvalue weighted by molar-refractivity contribution is 6.20. The van der Waals surface area contributed by atoms with Gasteiger partial charge in [0.05, 0.1) is 37.8 Å². The Bertz CT molecular complexity index is 1190. The molecule has 0 aliphatic carbocycles. The number of Topliss-reactive ketones (excluding diaryl/α,β-unsaturated/α-hetero) is 1. The zero-order valence-corrected chi connectivity index (χ0v) is 18.7. The molecule has 8 heteroatoms. The largest absolute Gasteiger partial charge is 0.503 e. The van der Waals surface area contributed by atoms with Gasteiger partial charge in [-0.25, -0.2) is 0 Å². The van der Waals surface area contributed by atoms with Gasteiger partial charge in [0.1, 0.15) is 11.5 Å². The number of furan rings is 1. The van der Waals surface area contributed by atoms with Crippen LogP contribution in [0.1, 0.15) is 22.2 Å². The van der Waals surface area contributed by atoms with E-state index in [0.717, 1.165) is 5.69 Å². The second-order valence-electron chi connectivity index (χ2n) is 7.70. The van der Waals surface area contributed by atoms with E-state index in [1.807, 2.05) is 43.3 Å². The van der Waals surface area contributed by atoms with Crippen molar-refractivity contribution in [2.45, 2.75) is 6.04 Å². The van der Waals surface area contributed by atoms with E-state index < -0.39 is 23.5 Å². The molecule has 1 amide bonds. The number of anilines is 2. The predicted octanol–water partition coefficient (Wildman–Crippen LogP) is 4.15. The number of nitrogens with zero attached hydrogens (tertiary/aromatic N) is 2. The van der Waals surface area contributed by atoms with Gasteiger partial charge < -0.3 is 23.9 Å². The first-order valence-corrected chi connectivity index (χ1v) is 10.2. The molecular formula is C25H24N2O6. The van der Waals surface area contributed by atoms with Crippen molar-refractivity contribution in [3.05, 3.63) is 83.5 Å². The third kappa shape index (κ3) is 3.91. The molecule has 1 aromatic heterocycles. The van der Waals surface area contributed by atoms with Crippen molar-refractivity contribution in [3.63, 3.8) is 0 Å². The van der Waals surface area contributed by atoms with Gasteiger partial charge in [0.15, 0.2) is 11.5 Å². The lowest BCUT2D eigenvalue weighted by Crippen LogP contribution is -2.31. The summed E-state index contributed by atoms with van der Waals surface area (Å²) in [5.74, 6) is -0.940. The van der Waals surface area contributed by atoms with Crippen LogP contribution in [0.3, 0.4) is 0 Å². The summed E-state index contributed by atoms with van der Waals surface area (Å²) >= 11 is 0. The van der Waals surface area contributed by atoms with Crippen molar-refractivity contribution >= 4 is 23.1 Å². The van der Waals surface area contributed by atoms with Gasteiger partial charge in [-0.2, -0.15) is 0 Å². The number of rotatable bonds is 7. The first kappa shape index (κ1) is 22.0. The summed E-state index contributed by atoms with van der Waals surface area (Å²) < 4.78 is 16.0. The standard InChI is InChI=1S/C25H24N2O6/c1-26(2)16-9-7-15(8-10-16)22-21(23(28)20-6-5-11-33-20)24(29)25(30)27(22)17-12-18(31-3)14-19(13-17)32-4/h5-14,22,29H,1-4H3. The Balaban J connectivity index is 1.89. The fraction of sp³-hybridized carbons (Fsp3) is 0.200. The van der Waals surface area contributed by atoms with Crippen molar-refractivity contribution in [3.8, 4) is 11.5 Å². The maximum Gasteiger partial charge on any atom is 0.294 e. The minimum Gasteiger partial charge on any atom is -0.503 e. The van der Waals surface area contributed by atoms with Gasteiger partial charge in [0.25, 0.3) is 5.91 Å². The summed E-state index contributed by atoms with van der Waals surface area (Å²) in [4.78, 5) is 29.9. The minimum absolute atomic E-state index is 0.0318. The van der Waals surface area contributed by atoms with E-state index in [4.69, 9.17) is 13.9 Å². The van der Waals surface area contributed by atoms with Crippen LogP contribution in [0.15, 0.2) is 76.6 Å². The summed E-state index contributed by atoms with van der Waals surface area (Å²) in [5, 5.41) is 10.8. The smallest absolute Gasteiger partial charge is 0.294 e. The third-order valence-corrected chi connectivity index (χ3v) is 5.54. The molecule has 1 unspecified atom stereocenters. The number of carbonyl (C=O) groups is 2. The molecule has 1 aliphatic heterocycles. The Kier molecular flexibility index (Phi) is 5.83. The highest BCUT2D eigenvalue weighted by Gasteiger charge is 2.45. The Labute approximate surface area is 191 Å². The van der Waals surface area contributed by atoms with Crippen molar-refractivity contribution < 1.29 is 28.6 Å². The fourth-order valence-corrected chi connectivity index (χ4v) is 3.85. The lowest BCUT2D eigenvalue weighted by molar-refractivity contribution is -0.117. The molecule has 2 aromatic carbocycles. The van der Waals surface area contributed by atoms with Crippen molar-refractivity contribution in [1.82, 2.24) is 0 Å². The number of ether oxygens (including phenoxy) is 2. The van der Waals surface area contributed by atoms with Crippen molar-refractivity contribution in [2.24, 2.45) is 0 Å². The Morgan fingerprint density at radius 3 is 2.18 bits per heavy atom. The van der Waals surface area contributed by atoms with Crippen LogP contribution in [0, 0.1) is 0 Å². The Morgan fingerprint density at radius 1 is 1.03 bits per heavy atom. The normalized spacial score (nSPS) is 15.7. The molecule has 0 radical (unpaired) electrons. The highest BCUT2D eigenvalue weighted by atomic mass is 16.5. The molecule has 0 saturated heterocycles. The van der Waals surface area contributed by atoms with E-state index in [9.17, 15) is 14.7 Å². The molecule has 170 valence electrons. The molecular weight excluding hydrogens is 424 g/mol. The van der Waals surface area contributed by atoms with E-state index in [0.29, 0.717) is 22.7 Å². The van der Waals surface area contributed by atoms with Gasteiger partial charge in [-0.1, -0.05) is 12.1 Å². The molecule has 2 heterocycles. The molecule has 1 aliphatic rings. The third-order valence-electron chi connectivity index (χ3n) is 5.54. The lowest BCUT2D eigenvalue weighted by atomic mass is 9.94. The van der Waals surface area contributed by atoms with Crippen LogP contribution in [0.4, 0.5) is 11.4 Å². The van der Waals surface area contributed by atoms with Crippen molar-refractivity contribution in [2.75, 3.05) is 38.1 Å². The molecule has 3 aromatic rings. The number of methoxy groups -OCH3 is 2. The monoisotopic (exact) mass is 448 g/mol. The molecule has 4 rings (SSSR count). The first-order valence-electron chi connectivity index (χ1n) is 10.2. The van der Waals surface area contributed by atoms with Crippen LogP contribution in [0.2, 0.25) is 0 Å². The molecule has 8 nitrogen and oxygen atoms in total. The number of carbonyl (C=O) groups excluding carboxylic acids is 2. The number of aliphatic hydroxyl groups is 1. The quantitative estimate of drug-likeness (QED) is 0.543. The SMILES string of the molecule is COc1cc(OC)cc(N2C(=O)C(O)=C(C(=O)c3ccco3)C2c2ccc(N(C)C)cc2)c1. The molecule has 1 atom stereocenters. The second kappa shape index (κ2) is 8.74. The van der Waals surface area contributed by atoms with E-state index in [-0.39, 0.29) is 11.3 Å². The van der Waals surface area contributed by atoms with Crippen LogP contribution in [-0.2, 0) is 4.79 Å². The van der Waals surface area contributed by atoms with Crippen LogP contribution in [0.5, 0.6) is 11.5 Å². The zero-order chi connectivity index (χ0) is 23.7. The Morgan fingerprint density at radius 2 is 1.67 bits per heavy atom. The van der Waals surface area contributed by atoms with Crippen LogP contribution >= 0.6 is 0 Å². The average Bonchev–Trinajstić information content (AvgIpc) is 3.45. The summed E-state index contributed by atoms with van der Waals surface area (Å²) in [7, 11) is 6.84. The number of benzene rings is 2. The maximum absolute atomic E-state index is 13.3. The molecule has 0 saturated carbocycles. The molecule has 0 fully saturated rings. The van der Waals surface area contributed by atoms with Crippen molar-refractivity contribution in [1.29, 1.82) is 0 Å². The summed E-state index contributed by atoms with van der Waals surface area (Å²) in [6, 6.07) is 14.6. The van der Waals surface area contributed by atoms with Crippen LogP contribution < -0.4 is 19.3 Å². The second-order valence-corrected chi connectivity index (χ2v) is 7.70. The zero-order valence-electron chi connectivity index (χ0n) is 18.7. The average molecular weight is 448 g/mol. The topological polar surface area (TPSA) is 92.4 Å². The van der Waals surface area contributed by atoms with E-state index in [1.165, 1.54) is 31.4 Å². The molecule has 0 bridgehead atoms. The number of aliphatic hydroxyl groups excluding tert-OH is 1. The summed E-state index contributed by atoms with van der Waals surface area (Å²) in [5.41, 5.74) is 1.94. The minimum atomic E-state index is -0.886. The Hall–Kier alpha value is -4.20. The number of amides is 1. The summed E-state index contributed by atoms with van der Waals surface area (Å²) in [6.07, 6.45) is 1.37. The van der Waals surface area contributed by atoms with Gasteiger partial charge in [-0.05, 0) is 29.8 Å². The van der Waals surface area contributed by atoms with Gasteiger partial charge in [-0.3, -0.25) is 14.5 Å². The molecule has 1 N–H and O–H groups in total. The molecule has 33 heavy (non-hydrogen) atoms. The van der Waals surface area contributed by atoms with E-state index >= 15 is 0 Å². The van der Waals surface area contributed by atoms with Gasteiger partial charge in [0, 0.05) is 38.0 Å². The van der Waals surface area contributed by atoms with Gasteiger partial charge >= 0.3 is 0 Å². The van der Waals surface area contributed by atoms with E-state index in [2.05, 4.69) is 0 Å². The number of hydrogen-bond acceptors (Lipinski definition) is 7. The highest BCUT2D eigenvalue weighted by Crippen LogP contribution is 2.44. The molecule has 0 spiro atoms. The van der Waals surface area contributed by atoms with Crippen LogP contribution in [-0.4, -0.2) is 45.1 Å². The maximum atomic E-state index is 13.3.